The van der Waals surface area contributed by atoms with Crippen LogP contribution in [0.4, 0.5) is 0 Å². The molecule has 6 heteroatoms. The van der Waals surface area contributed by atoms with E-state index in [-0.39, 0.29) is 11.2 Å². The van der Waals surface area contributed by atoms with Crippen LogP contribution < -0.4 is 5.56 Å². The first-order valence-corrected chi connectivity index (χ1v) is 8.85. The van der Waals surface area contributed by atoms with Gasteiger partial charge < -0.3 is 9.30 Å². The van der Waals surface area contributed by atoms with Gasteiger partial charge in [0, 0.05) is 23.4 Å². The van der Waals surface area contributed by atoms with Gasteiger partial charge in [0.2, 0.25) is 0 Å². The Balaban J connectivity index is 2.33. The van der Waals surface area contributed by atoms with Crippen molar-refractivity contribution >= 4 is 33.3 Å². The fourth-order valence-corrected chi connectivity index (χ4v) is 4.65. The van der Waals surface area contributed by atoms with E-state index in [1.165, 1.54) is 16.6 Å². The summed E-state index contributed by atoms with van der Waals surface area (Å²) in [5.74, 6) is 0. The Morgan fingerprint density at radius 2 is 2.33 bits per heavy atom. The number of thiophene rings is 1. The molecule has 0 bridgehead atoms. The number of aromatic nitrogens is 2. The van der Waals surface area contributed by atoms with Crippen LogP contribution in [0.25, 0.3) is 10.2 Å². The number of thioether (sulfide) groups is 1. The largest absolute Gasteiger partial charge is 0.370 e. The summed E-state index contributed by atoms with van der Waals surface area (Å²) in [6.07, 6.45) is 4.61. The topological polar surface area (TPSA) is 44.1 Å². The van der Waals surface area contributed by atoms with Crippen LogP contribution >= 0.6 is 23.1 Å². The molecule has 112 valence electrons. The molecule has 2 aromatic rings. The van der Waals surface area contributed by atoms with E-state index in [1.807, 2.05) is 12.3 Å². The molecule has 0 radical (unpaired) electrons. The molecule has 4 nitrogen and oxygen atoms in total. The molecule has 21 heavy (non-hydrogen) atoms. The van der Waals surface area contributed by atoms with E-state index in [0.29, 0.717) is 13.2 Å². The van der Waals surface area contributed by atoms with Crippen LogP contribution in [0, 0.1) is 0 Å². The standard InChI is InChI=1S/C15H18N2O2S2/c1-5-6-17-11-9-8-19-15(2,3)7-10(9)21-12(11)13(18)16-14(17)20-4/h5H,1,6-8H2,2-4H3. The van der Waals surface area contributed by atoms with Gasteiger partial charge in [0.25, 0.3) is 5.56 Å². The zero-order chi connectivity index (χ0) is 15.2. The maximum atomic E-state index is 12.3. The first-order valence-electron chi connectivity index (χ1n) is 6.81. The van der Waals surface area contributed by atoms with Gasteiger partial charge in [-0.1, -0.05) is 17.8 Å². The number of rotatable bonds is 3. The highest BCUT2D eigenvalue weighted by Crippen LogP contribution is 2.38. The molecule has 1 aliphatic rings. The van der Waals surface area contributed by atoms with Crippen LogP contribution in [0.15, 0.2) is 22.6 Å². The molecule has 0 N–H and O–H groups in total. The van der Waals surface area contributed by atoms with Gasteiger partial charge in [0.1, 0.15) is 4.70 Å². The molecule has 2 aromatic heterocycles. The monoisotopic (exact) mass is 322 g/mol. The van der Waals surface area contributed by atoms with Crippen LogP contribution in [0.2, 0.25) is 0 Å². The summed E-state index contributed by atoms with van der Waals surface area (Å²) in [5.41, 5.74) is 1.82. The summed E-state index contributed by atoms with van der Waals surface area (Å²) in [4.78, 5) is 17.8. The van der Waals surface area contributed by atoms with Crippen LogP contribution in [0.3, 0.4) is 0 Å². The van der Waals surface area contributed by atoms with Gasteiger partial charge >= 0.3 is 0 Å². The van der Waals surface area contributed by atoms with Gasteiger partial charge in [0.05, 0.1) is 17.7 Å². The van der Waals surface area contributed by atoms with Crippen molar-refractivity contribution in [3.63, 3.8) is 0 Å². The highest BCUT2D eigenvalue weighted by molar-refractivity contribution is 7.98. The van der Waals surface area contributed by atoms with Gasteiger partial charge in [-0.2, -0.15) is 4.98 Å². The van der Waals surface area contributed by atoms with E-state index in [2.05, 4.69) is 30.0 Å². The number of hydrogen-bond donors (Lipinski definition) is 0. The van der Waals surface area contributed by atoms with Gasteiger partial charge in [-0.05, 0) is 20.1 Å². The molecular weight excluding hydrogens is 304 g/mol. The average Bonchev–Trinajstić information content (AvgIpc) is 2.79. The Morgan fingerprint density at radius 1 is 1.57 bits per heavy atom. The second kappa shape index (κ2) is 5.26. The van der Waals surface area contributed by atoms with E-state index in [0.717, 1.165) is 27.4 Å². The molecule has 0 saturated heterocycles. The highest BCUT2D eigenvalue weighted by Gasteiger charge is 2.31. The second-order valence-electron chi connectivity index (χ2n) is 5.71. The predicted octanol–water partition coefficient (Wildman–Crippen LogP) is 3.22. The quantitative estimate of drug-likeness (QED) is 0.494. The van der Waals surface area contributed by atoms with Crippen molar-refractivity contribution in [2.24, 2.45) is 0 Å². The van der Waals surface area contributed by atoms with Crippen LogP contribution in [0.1, 0.15) is 24.3 Å². The molecular formula is C15H18N2O2S2. The maximum Gasteiger partial charge on any atom is 0.291 e. The first-order chi connectivity index (χ1) is 9.96. The fourth-order valence-electron chi connectivity index (χ4n) is 2.68. The predicted molar refractivity (Wildman–Crippen MR) is 88.4 cm³/mol. The third-order valence-electron chi connectivity index (χ3n) is 3.64. The summed E-state index contributed by atoms with van der Waals surface area (Å²) in [7, 11) is 0. The summed E-state index contributed by atoms with van der Waals surface area (Å²) < 4.78 is 8.75. The summed E-state index contributed by atoms with van der Waals surface area (Å²) in [5, 5.41) is 0.734. The molecule has 0 fully saturated rings. The number of allylic oxidation sites excluding steroid dienone is 1. The molecule has 0 saturated carbocycles. The van der Waals surface area contributed by atoms with E-state index in [4.69, 9.17) is 4.74 Å². The van der Waals surface area contributed by atoms with Gasteiger partial charge in [-0.25, -0.2) is 0 Å². The zero-order valence-electron chi connectivity index (χ0n) is 12.4. The highest BCUT2D eigenvalue weighted by atomic mass is 32.2. The van der Waals surface area contributed by atoms with Crippen molar-refractivity contribution in [3.05, 3.63) is 33.4 Å². The molecule has 0 unspecified atom stereocenters. The summed E-state index contributed by atoms with van der Waals surface area (Å²) in [6.45, 7) is 9.18. The maximum absolute atomic E-state index is 12.3. The van der Waals surface area contributed by atoms with Crippen molar-refractivity contribution in [3.8, 4) is 0 Å². The Bertz CT molecular complexity index is 774. The van der Waals surface area contributed by atoms with Gasteiger partial charge in [-0.3, -0.25) is 4.79 Å². The average molecular weight is 322 g/mol. The van der Waals surface area contributed by atoms with Gasteiger partial charge in [0.15, 0.2) is 5.16 Å². The normalized spacial score (nSPS) is 16.9. The molecule has 0 spiro atoms. The number of nitrogens with zero attached hydrogens (tertiary/aromatic N) is 2. The Kier molecular flexibility index (Phi) is 3.71. The van der Waals surface area contributed by atoms with E-state index >= 15 is 0 Å². The number of fused-ring (bicyclic) bond motifs is 3. The number of ether oxygens (including phenoxy) is 1. The third kappa shape index (κ3) is 2.45. The minimum atomic E-state index is -0.171. The molecule has 0 aromatic carbocycles. The molecule has 3 rings (SSSR count). The molecule has 0 amide bonds. The number of hydrogen-bond acceptors (Lipinski definition) is 5. The molecule has 0 atom stereocenters. The lowest BCUT2D eigenvalue weighted by Gasteiger charge is -2.30. The van der Waals surface area contributed by atoms with Crippen molar-refractivity contribution in [1.82, 2.24) is 9.55 Å². The molecule has 3 heterocycles. The lowest BCUT2D eigenvalue weighted by Crippen LogP contribution is -2.31. The van der Waals surface area contributed by atoms with Crippen molar-refractivity contribution < 1.29 is 4.74 Å². The molecule has 1 aliphatic heterocycles. The van der Waals surface area contributed by atoms with Crippen LogP contribution in [0.5, 0.6) is 0 Å². The fraction of sp³-hybridized carbons (Fsp3) is 0.467. The first kappa shape index (κ1) is 14.8. The van der Waals surface area contributed by atoms with Crippen molar-refractivity contribution in [1.29, 1.82) is 0 Å². The third-order valence-corrected chi connectivity index (χ3v) is 5.53. The van der Waals surface area contributed by atoms with Gasteiger partial charge in [-0.15, -0.1) is 17.9 Å². The minimum Gasteiger partial charge on any atom is -0.370 e. The smallest absolute Gasteiger partial charge is 0.291 e. The molecule has 0 aliphatic carbocycles. The Labute approximate surface area is 131 Å². The Morgan fingerprint density at radius 3 is 3.00 bits per heavy atom. The van der Waals surface area contributed by atoms with E-state index in [9.17, 15) is 4.79 Å². The SMILES string of the molecule is C=CCn1c(SC)nc(=O)c2sc3c(c21)COC(C)(C)C3. The van der Waals surface area contributed by atoms with E-state index in [1.54, 1.807) is 11.3 Å². The second-order valence-corrected chi connectivity index (χ2v) is 7.59. The summed E-state index contributed by atoms with van der Waals surface area (Å²) >= 11 is 3.05. The zero-order valence-corrected chi connectivity index (χ0v) is 14.1. The van der Waals surface area contributed by atoms with Crippen LogP contribution in [-0.4, -0.2) is 21.4 Å². The Hall–Kier alpha value is -1.11. The lowest BCUT2D eigenvalue weighted by atomic mass is 9.98. The van der Waals surface area contributed by atoms with Crippen molar-refractivity contribution in [2.75, 3.05) is 6.26 Å². The van der Waals surface area contributed by atoms with Crippen molar-refractivity contribution in [2.45, 2.75) is 44.2 Å². The summed E-state index contributed by atoms with van der Waals surface area (Å²) in [6, 6.07) is 0. The van der Waals surface area contributed by atoms with E-state index < -0.39 is 0 Å². The lowest BCUT2D eigenvalue weighted by molar-refractivity contribution is -0.0384. The minimum absolute atomic E-state index is 0.133. The van der Waals surface area contributed by atoms with Crippen LogP contribution in [-0.2, 0) is 24.3 Å².